The van der Waals surface area contributed by atoms with Crippen molar-refractivity contribution in [3.8, 4) is 40.1 Å². The lowest BCUT2D eigenvalue weighted by Gasteiger charge is -2.14. The Bertz CT molecular complexity index is 2770. The number of rotatable bonds is 5. The molecule has 0 spiro atoms. The second-order valence-electron chi connectivity index (χ2n) is 12.4. The van der Waals surface area contributed by atoms with Gasteiger partial charge >= 0.3 is 0 Å². The smallest absolute Gasteiger partial charge is 0.0998 e. The highest BCUT2D eigenvalue weighted by molar-refractivity contribution is 6.12. The summed E-state index contributed by atoms with van der Waals surface area (Å²) in [4.78, 5) is 0. The molecule has 4 heteroatoms. The Morgan fingerprint density at radius 1 is 0.469 bits per heavy atom. The highest BCUT2D eigenvalue weighted by Gasteiger charge is 2.16. The summed E-state index contributed by atoms with van der Waals surface area (Å²) in [6, 6.07) is 59.3. The number of benzene rings is 7. The summed E-state index contributed by atoms with van der Waals surface area (Å²) in [6.07, 6.45) is 0. The van der Waals surface area contributed by atoms with Crippen LogP contribution in [0.5, 0.6) is 0 Å². The van der Waals surface area contributed by atoms with Gasteiger partial charge in [0.15, 0.2) is 0 Å². The van der Waals surface area contributed by atoms with Crippen molar-refractivity contribution in [2.75, 3.05) is 0 Å². The summed E-state index contributed by atoms with van der Waals surface area (Å²) in [7, 11) is 0. The third-order valence-electron chi connectivity index (χ3n) is 9.69. The molecule has 0 unspecified atom stereocenters. The predicted molar refractivity (Wildman–Crippen MR) is 200 cm³/mol. The van der Waals surface area contributed by atoms with E-state index in [1.165, 1.54) is 21.8 Å². The van der Waals surface area contributed by atoms with Crippen molar-refractivity contribution in [1.82, 2.24) is 9.13 Å². The number of aromatic nitrogens is 2. The van der Waals surface area contributed by atoms with E-state index in [1.54, 1.807) is 0 Å². The van der Waals surface area contributed by atoms with E-state index in [2.05, 4.69) is 143 Å². The van der Waals surface area contributed by atoms with Crippen LogP contribution in [0.3, 0.4) is 0 Å². The van der Waals surface area contributed by atoms with E-state index in [1.807, 2.05) is 36.4 Å². The van der Waals surface area contributed by atoms with Crippen LogP contribution in [0, 0.1) is 22.7 Å². The van der Waals surface area contributed by atoms with Gasteiger partial charge in [-0.25, -0.2) is 0 Å². The highest BCUT2D eigenvalue weighted by atomic mass is 15.0. The van der Waals surface area contributed by atoms with Crippen molar-refractivity contribution in [3.63, 3.8) is 0 Å². The summed E-state index contributed by atoms with van der Waals surface area (Å²) in [6.45, 7) is 0.648. The molecule has 0 saturated heterocycles. The van der Waals surface area contributed by atoms with E-state index in [0.717, 1.165) is 55.3 Å². The molecular formula is C45H28N4. The van der Waals surface area contributed by atoms with Gasteiger partial charge in [-0.1, -0.05) is 103 Å². The maximum absolute atomic E-state index is 9.89. The molecule has 0 saturated carbocycles. The molecule has 7 aromatic carbocycles. The molecule has 49 heavy (non-hydrogen) atoms. The van der Waals surface area contributed by atoms with Crippen molar-refractivity contribution in [2.24, 2.45) is 0 Å². The summed E-state index contributed by atoms with van der Waals surface area (Å²) in [5.41, 5.74) is 12.4. The molecule has 0 bridgehead atoms. The number of nitriles is 2. The molecule has 2 aromatic heterocycles. The van der Waals surface area contributed by atoms with Crippen LogP contribution in [-0.4, -0.2) is 9.13 Å². The normalized spacial score (nSPS) is 11.3. The maximum Gasteiger partial charge on any atom is 0.0998 e. The van der Waals surface area contributed by atoms with Crippen molar-refractivity contribution in [2.45, 2.75) is 6.54 Å². The number of nitrogens with zero attached hydrogens (tertiary/aromatic N) is 4. The van der Waals surface area contributed by atoms with Crippen molar-refractivity contribution in [3.05, 3.63) is 174 Å². The molecule has 4 nitrogen and oxygen atoms in total. The zero-order valence-electron chi connectivity index (χ0n) is 26.5. The Morgan fingerprint density at radius 3 is 1.82 bits per heavy atom. The van der Waals surface area contributed by atoms with Gasteiger partial charge < -0.3 is 9.13 Å². The summed E-state index contributed by atoms with van der Waals surface area (Å²) < 4.78 is 4.61. The number of para-hydroxylation sites is 3. The Balaban J connectivity index is 1.11. The van der Waals surface area contributed by atoms with Gasteiger partial charge in [0.25, 0.3) is 0 Å². The summed E-state index contributed by atoms with van der Waals surface area (Å²) in [5.74, 6) is 0. The van der Waals surface area contributed by atoms with Crippen LogP contribution < -0.4 is 0 Å². The minimum Gasteiger partial charge on any atom is -0.336 e. The number of hydrogen-bond acceptors (Lipinski definition) is 2. The zero-order chi connectivity index (χ0) is 32.9. The predicted octanol–water partition coefficient (Wildman–Crippen LogP) is 11.0. The van der Waals surface area contributed by atoms with Gasteiger partial charge in [0, 0.05) is 44.8 Å². The molecule has 228 valence electrons. The summed E-state index contributed by atoms with van der Waals surface area (Å²) in [5, 5.41) is 24.2. The molecule has 0 amide bonds. The Hall–Kier alpha value is -6.88. The lowest BCUT2D eigenvalue weighted by Crippen LogP contribution is -2.02. The van der Waals surface area contributed by atoms with E-state index in [-0.39, 0.29) is 0 Å². The fraction of sp³-hybridized carbons (Fsp3) is 0.0222. The van der Waals surface area contributed by atoms with E-state index >= 15 is 0 Å². The quantitative estimate of drug-likeness (QED) is 0.191. The van der Waals surface area contributed by atoms with E-state index < -0.39 is 0 Å². The molecule has 0 aliphatic rings. The fourth-order valence-electron chi connectivity index (χ4n) is 7.48. The molecule has 0 aliphatic heterocycles. The van der Waals surface area contributed by atoms with Crippen molar-refractivity contribution >= 4 is 43.6 Å². The number of hydrogen-bond donors (Lipinski definition) is 0. The standard InChI is InChI=1S/C45H28N4/c46-27-30-19-24-37(35(25-30)29-48-41-15-4-1-12-38(41)39-13-2-5-16-42(39)48)32-22-20-31(21-23-32)33-9-7-11-36(26-33)49-43-17-6-3-14-40(43)45-34(28-47)10-8-18-44(45)49/h1-26H,29H2. The van der Waals surface area contributed by atoms with Gasteiger partial charge in [0.05, 0.1) is 34.3 Å². The zero-order valence-corrected chi connectivity index (χ0v) is 26.5. The first-order valence-electron chi connectivity index (χ1n) is 16.3. The highest BCUT2D eigenvalue weighted by Crippen LogP contribution is 2.36. The van der Waals surface area contributed by atoms with Crippen LogP contribution in [0.25, 0.3) is 71.6 Å². The Kier molecular flexibility index (Phi) is 6.61. The molecule has 0 radical (unpaired) electrons. The Morgan fingerprint density at radius 2 is 1.10 bits per heavy atom. The van der Waals surface area contributed by atoms with Gasteiger partial charge in [-0.05, 0) is 82.4 Å². The molecule has 9 rings (SSSR count). The minimum absolute atomic E-state index is 0.648. The van der Waals surface area contributed by atoms with Crippen LogP contribution in [0.2, 0.25) is 0 Å². The monoisotopic (exact) mass is 624 g/mol. The van der Waals surface area contributed by atoms with Crippen LogP contribution >= 0.6 is 0 Å². The molecule has 2 heterocycles. The number of fused-ring (bicyclic) bond motifs is 6. The average Bonchev–Trinajstić information content (AvgIpc) is 3.68. The van der Waals surface area contributed by atoms with Crippen LogP contribution in [-0.2, 0) is 6.54 Å². The first-order chi connectivity index (χ1) is 24.2. The largest absolute Gasteiger partial charge is 0.336 e. The minimum atomic E-state index is 0.648. The summed E-state index contributed by atoms with van der Waals surface area (Å²) >= 11 is 0. The van der Waals surface area contributed by atoms with E-state index in [9.17, 15) is 10.5 Å². The van der Waals surface area contributed by atoms with E-state index in [4.69, 9.17) is 0 Å². The van der Waals surface area contributed by atoms with Crippen molar-refractivity contribution in [1.29, 1.82) is 10.5 Å². The van der Waals surface area contributed by atoms with Crippen molar-refractivity contribution < 1.29 is 0 Å². The van der Waals surface area contributed by atoms with Gasteiger partial charge in [-0.15, -0.1) is 0 Å². The Labute approximate surface area is 283 Å². The molecule has 0 fully saturated rings. The third kappa shape index (κ3) is 4.59. The topological polar surface area (TPSA) is 57.4 Å². The second kappa shape index (κ2) is 11.4. The van der Waals surface area contributed by atoms with Gasteiger partial charge in [0.2, 0.25) is 0 Å². The molecule has 0 aliphatic carbocycles. The first-order valence-corrected chi connectivity index (χ1v) is 16.3. The molecular weight excluding hydrogens is 597 g/mol. The lowest BCUT2D eigenvalue weighted by atomic mass is 9.95. The molecule has 9 aromatic rings. The van der Waals surface area contributed by atoms with Crippen LogP contribution in [0.15, 0.2) is 158 Å². The SMILES string of the molecule is N#Cc1ccc(-c2ccc(-c3cccc(-n4c5ccccc5c5c(C#N)cccc54)c3)cc2)c(Cn2c3ccccc3c3ccccc32)c1. The molecule has 0 N–H and O–H groups in total. The first kappa shape index (κ1) is 28.4. The third-order valence-corrected chi connectivity index (χ3v) is 9.69. The van der Waals surface area contributed by atoms with Gasteiger partial charge in [-0.2, -0.15) is 10.5 Å². The fourth-order valence-corrected chi connectivity index (χ4v) is 7.48. The van der Waals surface area contributed by atoms with Crippen LogP contribution in [0.4, 0.5) is 0 Å². The van der Waals surface area contributed by atoms with E-state index in [0.29, 0.717) is 17.7 Å². The average molecular weight is 625 g/mol. The molecule has 0 atom stereocenters. The van der Waals surface area contributed by atoms with Gasteiger partial charge in [0.1, 0.15) is 0 Å². The van der Waals surface area contributed by atoms with Crippen LogP contribution in [0.1, 0.15) is 16.7 Å². The maximum atomic E-state index is 9.89. The lowest BCUT2D eigenvalue weighted by molar-refractivity contribution is 0.870. The van der Waals surface area contributed by atoms with Gasteiger partial charge in [-0.3, -0.25) is 0 Å². The second-order valence-corrected chi connectivity index (χ2v) is 12.4.